The van der Waals surface area contributed by atoms with E-state index < -0.39 is 137 Å². The maximum absolute atomic E-state index is 14.2. The van der Waals surface area contributed by atoms with Gasteiger partial charge in [0.05, 0.1) is 73.8 Å². The average molecular weight is 2100 g/mol. The molecule has 0 bridgehead atoms. The van der Waals surface area contributed by atoms with Crippen LogP contribution >= 0.6 is 0 Å². The van der Waals surface area contributed by atoms with Gasteiger partial charge in [-0.05, 0) is 208 Å². The summed E-state index contributed by atoms with van der Waals surface area (Å²) in [7, 11) is 1.48. The van der Waals surface area contributed by atoms with Crippen LogP contribution in [0.2, 0.25) is 0 Å². The van der Waals surface area contributed by atoms with E-state index in [1.807, 2.05) is 77.9 Å². The number of amides is 9. The number of aliphatic hydroxyl groups is 1. The summed E-state index contributed by atoms with van der Waals surface area (Å²) in [6.07, 6.45) is 25.6. The number of carboxylic acids is 2. The van der Waals surface area contributed by atoms with Crippen LogP contribution in [-0.4, -0.2) is 280 Å². The van der Waals surface area contributed by atoms with Gasteiger partial charge in [0.25, 0.3) is 0 Å². The van der Waals surface area contributed by atoms with Crippen molar-refractivity contribution in [1.29, 1.82) is 0 Å². The molecule has 9 amide bonds. The van der Waals surface area contributed by atoms with Gasteiger partial charge in [-0.25, -0.2) is 24.0 Å². The van der Waals surface area contributed by atoms with Crippen molar-refractivity contribution in [2.45, 2.75) is 368 Å². The number of aldehydes is 1. The topological polar surface area (TPSA) is 459 Å². The Kier molecular flexibility index (Phi) is 51.7. The van der Waals surface area contributed by atoms with Gasteiger partial charge < -0.3 is 96.3 Å². The highest BCUT2D eigenvalue weighted by Crippen LogP contribution is 2.38. The summed E-state index contributed by atoms with van der Waals surface area (Å²) in [6, 6.07) is 27.3. The summed E-state index contributed by atoms with van der Waals surface area (Å²) < 4.78 is 69.1. The average Bonchev–Trinajstić information content (AvgIpc) is 1.68. The van der Waals surface area contributed by atoms with E-state index in [0.29, 0.717) is 38.6 Å². The molecule has 34 nitrogen and oxygen atoms in total. The number of aliphatic hydroxyl groups excluding tert-OH is 1. The summed E-state index contributed by atoms with van der Waals surface area (Å²) in [6.45, 7) is 30.3. The van der Waals surface area contributed by atoms with Gasteiger partial charge >= 0.3 is 36.4 Å². The summed E-state index contributed by atoms with van der Waals surface area (Å²) in [4.78, 5) is 154. The Morgan fingerprint density at radius 1 is 0.473 bits per heavy atom. The quantitative estimate of drug-likeness (QED) is 0.0210. The third-order valence-electron chi connectivity index (χ3n) is 25.9. The molecule has 5 fully saturated rings. The van der Waals surface area contributed by atoms with E-state index >= 15 is 0 Å². The van der Waals surface area contributed by atoms with Gasteiger partial charge in [0.2, 0.25) is 41.7 Å². The number of rotatable bonds is 21. The number of aliphatic carboxylic acids is 2. The van der Waals surface area contributed by atoms with Gasteiger partial charge in [0.15, 0.2) is 0 Å². The third-order valence-corrected chi connectivity index (χ3v) is 25.9. The minimum Gasteiger partial charge on any atom is -0.480 e. The number of hydrogen-bond donors (Lipinski definition) is 10. The molecule has 4 aromatic rings. The van der Waals surface area contributed by atoms with Gasteiger partial charge in [0.1, 0.15) is 79.5 Å². The van der Waals surface area contributed by atoms with E-state index in [9.17, 15) is 71.0 Å². The predicted octanol–water partition coefficient (Wildman–Crippen LogP) is 13.5. The number of benzene rings is 4. The predicted molar refractivity (Wildman–Crippen MR) is 567 cm³/mol. The Labute approximate surface area is 885 Å². The monoisotopic (exact) mass is 2100 g/mol. The smallest absolute Gasteiger partial charge is 0.446 e. The number of nitrogens with one attached hydrogen (secondary N) is 5. The number of likely N-dealkylation sites (tertiary alicyclic amines) is 4. The van der Waals surface area contributed by atoms with Gasteiger partial charge in [-0.15, -0.1) is 25.7 Å². The highest BCUT2D eigenvalue weighted by Gasteiger charge is 2.50. The van der Waals surface area contributed by atoms with Crippen molar-refractivity contribution in [3.05, 3.63) is 142 Å². The molecule has 150 heavy (non-hydrogen) atoms. The van der Waals surface area contributed by atoms with Crippen LogP contribution in [-0.2, 0) is 102 Å². The van der Waals surface area contributed by atoms with Gasteiger partial charge in [-0.1, -0.05) is 185 Å². The second kappa shape index (κ2) is 59.6. The van der Waals surface area contributed by atoms with Crippen molar-refractivity contribution in [2.24, 2.45) is 22.3 Å². The number of nitrogens with zero attached hydrogens (tertiary/aromatic N) is 5. The Hall–Kier alpha value is -12.2. The molecule has 5 aliphatic heterocycles. The van der Waals surface area contributed by atoms with Gasteiger partial charge in [-0.3, -0.25) is 48.3 Å². The molecule has 4 aromatic carbocycles. The van der Waals surface area contributed by atoms with Crippen LogP contribution in [0.3, 0.4) is 0 Å². The molecule has 830 valence electrons. The van der Waals surface area contributed by atoms with Crippen LogP contribution in [0, 0.1) is 60.2 Å². The lowest BCUT2D eigenvalue weighted by molar-refractivity contribution is -0.156. The Morgan fingerprint density at radius 2 is 0.807 bits per heavy atom. The molecule has 0 spiro atoms. The molecule has 12 N–H and O–H groups in total. The number of fused-ring (bicyclic) bond motifs is 4. The van der Waals surface area contributed by atoms with Crippen LogP contribution in [0.25, 0.3) is 0 Å². The Balaban J connectivity index is 0.000000386. The lowest BCUT2D eigenvalue weighted by Gasteiger charge is -2.37. The molecular weight excluding hydrogens is 1930 g/mol. The fraction of sp³-hybridized carbons (Fsp3) is 0.611. The molecule has 0 radical (unpaired) electrons. The number of halogens is 3. The Morgan fingerprint density at radius 3 is 1.17 bits per heavy atom. The fourth-order valence-electron chi connectivity index (χ4n) is 18.4. The lowest BCUT2D eigenvalue weighted by Crippen LogP contribution is -2.60. The first-order valence-electron chi connectivity index (χ1n) is 50.1. The first-order valence-corrected chi connectivity index (χ1v) is 50.1. The maximum Gasteiger partial charge on any atom is 0.446 e. The molecule has 5 heterocycles. The highest BCUT2D eigenvalue weighted by molar-refractivity contribution is 5.95. The largest absolute Gasteiger partial charge is 0.480 e. The van der Waals surface area contributed by atoms with Crippen LogP contribution in [0.5, 0.6) is 0 Å². The molecular formula is C113H165F3N12O22. The molecule has 0 saturated carbocycles. The van der Waals surface area contributed by atoms with Crippen molar-refractivity contribution < 1.29 is 119 Å². The third kappa shape index (κ3) is 40.5. The molecule has 37 heteroatoms. The number of alkyl halides is 3. The zero-order chi connectivity index (χ0) is 109. The van der Waals surface area contributed by atoms with Crippen LogP contribution in [0.1, 0.15) is 285 Å². The number of likely N-dealkylation sites (N-methyl/N-ethyl adjacent to an activating group) is 1. The van der Waals surface area contributed by atoms with Crippen molar-refractivity contribution >= 4 is 71.9 Å². The Bertz CT molecular complexity index is 5290. The minimum absolute atomic E-state index is 0. The molecule has 4 aliphatic carbocycles. The van der Waals surface area contributed by atoms with E-state index in [0.717, 1.165) is 74.7 Å². The molecule has 9 aliphatic rings. The van der Waals surface area contributed by atoms with Crippen molar-refractivity contribution in [3.63, 3.8) is 0 Å². The molecule has 3 unspecified atom stereocenters. The van der Waals surface area contributed by atoms with Crippen molar-refractivity contribution in [2.75, 3.05) is 66.2 Å². The van der Waals surface area contributed by atoms with Gasteiger partial charge in [-0.2, -0.15) is 13.2 Å². The first-order chi connectivity index (χ1) is 68.9. The van der Waals surface area contributed by atoms with E-state index in [1.54, 1.807) is 74.1 Å². The number of β-amino-alcohol motifs (C(OH)–C–C–N with tert-alkyl or cyclic N) is 1. The number of carbonyl (C=O) groups is 12. The summed E-state index contributed by atoms with van der Waals surface area (Å²) in [5, 5.41) is 43.0. The number of aryl methyl sites for hydroxylation is 4. The number of carbonyl (C=O) groups excluding carboxylic acids is 10. The highest BCUT2D eigenvalue weighted by atomic mass is 19.4. The lowest BCUT2D eigenvalue weighted by atomic mass is 9.85. The fourth-order valence-corrected chi connectivity index (χ4v) is 18.4. The molecule has 13 rings (SSSR count). The number of carboxylic acid groups (broad SMARTS) is 2. The number of hydrogen-bond acceptors (Lipinski definition) is 23. The maximum atomic E-state index is 14.2. The van der Waals surface area contributed by atoms with Crippen molar-refractivity contribution in [3.8, 4) is 49.4 Å². The van der Waals surface area contributed by atoms with Crippen LogP contribution < -0.4 is 38.1 Å². The zero-order valence-electron chi connectivity index (χ0n) is 87.9. The van der Waals surface area contributed by atoms with Crippen LogP contribution in [0.4, 0.5) is 27.6 Å². The van der Waals surface area contributed by atoms with E-state index in [-0.39, 0.29) is 147 Å². The molecule has 17 atom stereocenters. The number of nitrogens with two attached hydrogens (primary N) is 2. The first kappa shape index (κ1) is 130. The van der Waals surface area contributed by atoms with E-state index in [4.69, 9.17) is 85.3 Å². The van der Waals surface area contributed by atoms with E-state index in [1.165, 1.54) is 73.5 Å². The normalized spacial score (nSPS) is 22.8. The van der Waals surface area contributed by atoms with E-state index in [2.05, 4.69) is 111 Å². The standard InChI is InChI=1S/C33H48N4O6.C24H33N3O3.C18H22N2O2.C13H19NO5.C10H17NO5.C10H13N.C2HF3O.3CH4/c1-10-18-42-23-19-26(29(39)34-25-17-13-15-22-14-11-12-16-24(22)25)37(20-23)30(40)27(32(3,4)5)35-28(38)21(2)36(9)31(41)43-33(6,7)8;1-5-13-30-17-14-20(27(15-17)23(29)21(25)24(2,3)4)22(28)26-19-12-8-10-16-9-6-7-11-18(16)19;1-2-10-22-14-11-17(19-12-14)18(21)20-16-9-5-7-13-6-3-4-8-15(13)16;1-5-6-18-9-7-10(11(15)16)14(8-9)12(17)19-13(2,3)4;1-10(2,3)16-9(15)11-5-6(12)4-7(11)8(13)14;11-10-7-3-5-8-4-1-2-6-9(8)10;3-2(4,5)1-6;;;/h1,11-12,14,16,21,23,25-27H,13,15,17-20H2,2-9H3,(H,34,39)(H,35,38);1,6-7,9,11,17,19-21H,8,10,12-15,25H2,2-4H3,(H,26,28);1,3-4,6,8,14,16-17,19H,5,7,9-12H2,(H,20,21);1,9-10H,6-8H2,2-4H3,(H,15,16);6-7,12H,4-5H2,1-3H3,(H,13,14);1-2,4,6,10H,3,5,7,11H2;1H;3*1H4/t21-,23-,25?,26-,27+;17-,19?,20-,21+;14-,16?,17-;9-,10-;6-,7-;10-;;;;/m000001..../s1. The van der Waals surface area contributed by atoms with Crippen LogP contribution in [0.15, 0.2) is 97.1 Å². The second-order valence-corrected chi connectivity index (χ2v) is 43.1. The SMILES string of the molecule is C.C.C.C#CCO[C@@H]1CN[C@H](C(=O)NC2CCCc3ccccc32)C1.C#CCO[C@H]1C[C@@H](C(=O)NC2CCCc3ccccc32)N(C(=O)[C@@H](N)C(C)(C)C)C1.C#CCO[C@H]1C[C@@H](C(=O)NC2CCCc3ccccc32)N(C(=O)[C@@H](NC(=O)[C@H](C)N(C)C(=O)OC(C)(C)C)C(C)(C)C)C1.C#CCO[C@H]1C[C@@H](C(=O)O)N(C(=O)OC(C)(C)C)C1.CC(C)(C)OC(=O)N1C[C@@H](O)C[C@H]1C(=O)O.N[C@@H]1CCCc2ccccc21.O=CC(F)(F)F. The number of ether oxygens (including phenoxy) is 7. The molecule has 5 saturated heterocycles. The number of terminal acetylenes is 4. The minimum atomic E-state index is -4.64. The molecule has 0 aromatic heterocycles. The van der Waals surface area contributed by atoms with Crippen molar-refractivity contribution in [1.82, 2.24) is 51.1 Å². The summed E-state index contributed by atoms with van der Waals surface area (Å²) in [5.41, 5.74) is 19.2. The van der Waals surface area contributed by atoms with Gasteiger partial charge in [0, 0.05) is 58.4 Å². The second-order valence-electron chi connectivity index (χ2n) is 43.1. The summed E-state index contributed by atoms with van der Waals surface area (Å²) in [5.74, 6) is 6.00. The summed E-state index contributed by atoms with van der Waals surface area (Å²) >= 11 is 0. The zero-order valence-corrected chi connectivity index (χ0v) is 87.9.